The van der Waals surface area contributed by atoms with Crippen LogP contribution in [-0.4, -0.2) is 53.5 Å². The number of hydrogen-bond acceptors (Lipinski definition) is 4. The van der Waals surface area contributed by atoms with Crippen molar-refractivity contribution in [3.8, 4) is 0 Å². The minimum atomic E-state index is 0.256. The van der Waals surface area contributed by atoms with Crippen LogP contribution in [0.5, 0.6) is 0 Å². The molecule has 4 atom stereocenters. The van der Waals surface area contributed by atoms with Crippen LogP contribution in [0.1, 0.15) is 33.1 Å². The van der Waals surface area contributed by atoms with Crippen molar-refractivity contribution in [2.24, 2.45) is 16.6 Å². The van der Waals surface area contributed by atoms with Crippen molar-refractivity contribution in [2.45, 2.75) is 44.7 Å². The molecule has 96 valence electrons. The molecule has 0 aromatic heterocycles. The van der Waals surface area contributed by atoms with Crippen molar-refractivity contribution < 1.29 is 0 Å². The third-order valence-electron chi connectivity index (χ3n) is 5.17. The lowest BCUT2D eigenvalue weighted by Crippen LogP contribution is -2.62. The highest BCUT2D eigenvalue weighted by molar-refractivity contribution is 5.81. The van der Waals surface area contributed by atoms with Gasteiger partial charge < -0.3 is 15.5 Å². The van der Waals surface area contributed by atoms with E-state index in [0.717, 1.165) is 24.8 Å². The van der Waals surface area contributed by atoms with Gasteiger partial charge in [-0.15, -0.1) is 0 Å². The molecule has 2 N–H and O–H groups in total. The highest BCUT2D eigenvalue weighted by Crippen LogP contribution is 2.43. The second-order valence-electron chi connectivity index (χ2n) is 5.94. The van der Waals surface area contributed by atoms with Gasteiger partial charge in [-0.2, -0.15) is 0 Å². The molecule has 0 amide bonds. The Kier molecular flexibility index (Phi) is 2.58. The molecule has 4 heteroatoms. The van der Waals surface area contributed by atoms with Gasteiger partial charge in [-0.3, -0.25) is 4.99 Å². The Bertz CT molecular complexity index is 340. The average Bonchev–Trinajstić information content (AvgIpc) is 2.87. The monoisotopic (exact) mass is 236 g/mol. The molecule has 2 bridgehead atoms. The molecule has 3 heterocycles. The first-order valence-corrected chi connectivity index (χ1v) is 6.99. The van der Waals surface area contributed by atoms with E-state index in [1.165, 1.54) is 32.5 Å². The van der Waals surface area contributed by atoms with E-state index in [0.29, 0.717) is 6.04 Å². The Morgan fingerprint density at radius 3 is 3.12 bits per heavy atom. The van der Waals surface area contributed by atoms with Gasteiger partial charge in [0.15, 0.2) is 5.96 Å². The first kappa shape index (κ1) is 11.3. The van der Waals surface area contributed by atoms with Crippen LogP contribution in [-0.2, 0) is 0 Å². The van der Waals surface area contributed by atoms with Crippen LogP contribution in [0, 0.1) is 5.92 Å². The maximum absolute atomic E-state index is 6.15. The topological polar surface area (TPSA) is 44.9 Å². The minimum absolute atomic E-state index is 0.256. The number of nitrogens with zero attached hydrogens (tertiary/aromatic N) is 3. The molecule has 4 nitrogen and oxygen atoms in total. The van der Waals surface area contributed by atoms with Gasteiger partial charge in [0.1, 0.15) is 0 Å². The molecule has 0 aromatic carbocycles. The van der Waals surface area contributed by atoms with E-state index >= 15 is 0 Å². The summed E-state index contributed by atoms with van der Waals surface area (Å²) in [6, 6.07) is 0.522. The second kappa shape index (κ2) is 3.87. The minimum Gasteiger partial charge on any atom is -0.370 e. The standard InChI is InChI=1S/C13H24N4/c1-3-10(2)17-12(14)15-9-13(17)5-7-16-6-4-11(13)8-16/h10-11H,3-9H2,1-2H3,(H2,14,15). The normalized spacial score (nSPS) is 42.0. The van der Waals surface area contributed by atoms with Crippen molar-refractivity contribution >= 4 is 5.96 Å². The summed E-state index contributed by atoms with van der Waals surface area (Å²) >= 11 is 0. The number of nitrogens with two attached hydrogens (primary N) is 1. The van der Waals surface area contributed by atoms with Crippen LogP contribution < -0.4 is 5.73 Å². The third kappa shape index (κ3) is 1.49. The largest absolute Gasteiger partial charge is 0.370 e. The van der Waals surface area contributed by atoms with Crippen molar-refractivity contribution in [3.63, 3.8) is 0 Å². The Hall–Kier alpha value is -0.770. The van der Waals surface area contributed by atoms with Crippen LogP contribution in [0.15, 0.2) is 4.99 Å². The maximum atomic E-state index is 6.15. The summed E-state index contributed by atoms with van der Waals surface area (Å²) < 4.78 is 0. The molecule has 3 aliphatic rings. The van der Waals surface area contributed by atoms with Crippen LogP contribution in [0.3, 0.4) is 0 Å². The van der Waals surface area contributed by atoms with Gasteiger partial charge in [-0.05, 0) is 38.6 Å². The Labute approximate surface area is 104 Å². The van der Waals surface area contributed by atoms with Gasteiger partial charge in [0.2, 0.25) is 0 Å². The zero-order chi connectivity index (χ0) is 12.0. The molecule has 0 radical (unpaired) electrons. The van der Waals surface area contributed by atoms with Crippen molar-refractivity contribution in [2.75, 3.05) is 26.2 Å². The quantitative estimate of drug-likeness (QED) is 0.774. The van der Waals surface area contributed by atoms with E-state index in [-0.39, 0.29) is 5.54 Å². The summed E-state index contributed by atoms with van der Waals surface area (Å²) in [5, 5.41) is 0. The van der Waals surface area contributed by atoms with Crippen molar-refractivity contribution in [1.29, 1.82) is 0 Å². The predicted molar refractivity (Wildman–Crippen MR) is 70.0 cm³/mol. The number of aliphatic imine (C=N–C) groups is 1. The summed E-state index contributed by atoms with van der Waals surface area (Å²) in [6.45, 7) is 9.23. The van der Waals surface area contributed by atoms with Gasteiger partial charge in [0, 0.05) is 19.1 Å². The highest BCUT2D eigenvalue weighted by atomic mass is 15.4. The van der Waals surface area contributed by atoms with Gasteiger partial charge in [0.05, 0.1) is 12.1 Å². The lowest BCUT2D eigenvalue weighted by atomic mass is 9.77. The lowest BCUT2D eigenvalue weighted by Gasteiger charge is -2.49. The molecule has 3 rings (SSSR count). The molecule has 1 spiro atoms. The predicted octanol–water partition coefficient (Wildman–Crippen LogP) is 0.880. The maximum Gasteiger partial charge on any atom is 0.192 e. The summed E-state index contributed by atoms with van der Waals surface area (Å²) in [5.41, 5.74) is 6.41. The van der Waals surface area contributed by atoms with Crippen LogP contribution in [0.2, 0.25) is 0 Å². The molecule has 4 unspecified atom stereocenters. The molecule has 0 aliphatic carbocycles. The third-order valence-corrected chi connectivity index (χ3v) is 5.17. The highest BCUT2D eigenvalue weighted by Gasteiger charge is 2.53. The van der Waals surface area contributed by atoms with E-state index in [2.05, 4.69) is 28.6 Å². The molecule has 2 fully saturated rings. The van der Waals surface area contributed by atoms with E-state index in [1.54, 1.807) is 0 Å². The molecular formula is C13H24N4. The van der Waals surface area contributed by atoms with Gasteiger partial charge >= 0.3 is 0 Å². The summed E-state index contributed by atoms with van der Waals surface area (Å²) in [5.74, 6) is 1.56. The smallest absolute Gasteiger partial charge is 0.192 e. The van der Waals surface area contributed by atoms with Crippen LogP contribution >= 0.6 is 0 Å². The molecular weight excluding hydrogens is 212 g/mol. The summed E-state index contributed by atoms with van der Waals surface area (Å²) in [6.07, 6.45) is 3.72. The lowest BCUT2D eigenvalue weighted by molar-refractivity contribution is 0.0480. The van der Waals surface area contributed by atoms with E-state index in [1.807, 2.05) is 0 Å². The van der Waals surface area contributed by atoms with Crippen LogP contribution in [0.25, 0.3) is 0 Å². The first-order valence-electron chi connectivity index (χ1n) is 6.99. The number of hydrogen-bond donors (Lipinski definition) is 1. The van der Waals surface area contributed by atoms with Gasteiger partial charge in [0.25, 0.3) is 0 Å². The van der Waals surface area contributed by atoms with Crippen molar-refractivity contribution in [3.05, 3.63) is 0 Å². The fourth-order valence-electron chi connectivity index (χ4n) is 4.00. The van der Waals surface area contributed by atoms with Gasteiger partial charge in [-0.1, -0.05) is 6.92 Å². The first-order chi connectivity index (χ1) is 8.17. The molecule has 0 aromatic rings. The fourth-order valence-corrected chi connectivity index (χ4v) is 4.00. The second-order valence-corrected chi connectivity index (χ2v) is 5.94. The zero-order valence-corrected chi connectivity index (χ0v) is 11.0. The fraction of sp³-hybridized carbons (Fsp3) is 0.923. The molecule has 17 heavy (non-hydrogen) atoms. The molecule has 2 saturated heterocycles. The molecule has 0 saturated carbocycles. The van der Waals surface area contributed by atoms with Crippen LogP contribution in [0.4, 0.5) is 0 Å². The SMILES string of the molecule is CCC(C)N1C(N)=NCC12CCN1CCC2C1. The van der Waals surface area contributed by atoms with Crippen molar-refractivity contribution in [1.82, 2.24) is 9.80 Å². The summed E-state index contributed by atoms with van der Waals surface area (Å²) in [7, 11) is 0. The zero-order valence-electron chi connectivity index (χ0n) is 11.0. The summed E-state index contributed by atoms with van der Waals surface area (Å²) in [4.78, 5) is 9.64. The average molecular weight is 236 g/mol. The number of guanidine groups is 1. The van der Waals surface area contributed by atoms with E-state index in [9.17, 15) is 0 Å². The Morgan fingerprint density at radius 2 is 2.35 bits per heavy atom. The number of piperidine rings is 1. The Morgan fingerprint density at radius 1 is 1.53 bits per heavy atom. The van der Waals surface area contributed by atoms with E-state index < -0.39 is 0 Å². The van der Waals surface area contributed by atoms with E-state index in [4.69, 9.17) is 5.73 Å². The van der Waals surface area contributed by atoms with Gasteiger partial charge in [-0.25, -0.2) is 0 Å². The Balaban J connectivity index is 1.91. The number of fused-ring (bicyclic) bond motifs is 3. The molecule has 3 aliphatic heterocycles. The number of rotatable bonds is 2.